The van der Waals surface area contributed by atoms with Crippen molar-refractivity contribution in [1.29, 1.82) is 0 Å². The summed E-state index contributed by atoms with van der Waals surface area (Å²) in [5.74, 6) is 0.0659. The number of thiazole rings is 1. The first-order valence-corrected chi connectivity index (χ1v) is 8.42. The molecule has 2 aromatic heterocycles. The SMILES string of the molecule is O=C(CCc1nc(-c2ccncc2)cs1)NCC1CCCO1. The molecule has 6 heteroatoms. The second kappa shape index (κ2) is 7.47. The van der Waals surface area contributed by atoms with E-state index >= 15 is 0 Å². The van der Waals surface area contributed by atoms with Crippen molar-refractivity contribution in [2.75, 3.05) is 13.2 Å². The number of nitrogens with one attached hydrogen (secondary N) is 1. The summed E-state index contributed by atoms with van der Waals surface area (Å²) in [5, 5.41) is 5.95. The number of rotatable bonds is 6. The summed E-state index contributed by atoms with van der Waals surface area (Å²) in [5.41, 5.74) is 2.00. The summed E-state index contributed by atoms with van der Waals surface area (Å²) in [6, 6.07) is 3.88. The van der Waals surface area contributed by atoms with E-state index in [1.807, 2.05) is 17.5 Å². The summed E-state index contributed by atoms with van der Waals surface area (Å²) in [6.07, 6.45) is 6.99. The minimum Gasteiger partial charge on any atom is -0.376 e. The van der Waals surface area contributed by atoms with Crippen molar-refractivity contribution in [1.82, 2.24) is 15.3 Å². The van der Waals surface area contributed by atoms with Crippen LogP contribution in [0, 0.1) is 0 Å². The number of carbonyl (C=O) groups is 1. The van der Waals surface area contributed by atoms with Gasteiger partial charge in [-0.3, -0.25) is 9.78 Å². The highest BCUT2D eigenvalue weighted by molar-refractivity contribution is 7.09. The van der Waals surface area contributed by atoms with E-state index in [1.165, 1.54) is 0 Å². The maximum Gasteiger partial charge on any atom is 0.220 e. The van der Waals surface area contributed by atoms with Crippen molar-refractivity contribution in [2.45, 2.75) is 31.8 Å². The zero-order chi connectivity index (χ0) is 15.2. The van der Waals surface area contributed by atoms with Crippen molar-refractivity contribution in [3.63, 3.8) is 0 Å². The number of aromatic nitrogens is 2. The van der Waals surface area contributed by atoms with Crippen LogP contribution in [-0.2, 0) is 16.0 Å². The molecule has 3 heterocycles. The van der Waals surface area contributed by atoms with Gasteiger partial charge in [-0.15, -0.1) is 11.3 Å². The lowest BCUT2D eigenvalue weighted by molar-refractivity contribution is -0.121. The monoisotopic (exact) mass is 317 g/mol. The predicted molar refractivity (Wildman–Crippen MR) is 85.6 cm³/mol. The molecule has 0 aromatic carbocycles. The fourth-order valence-corrected chi connectivity index (χ4v) is 3.23. The number of carbonyl (C=O) groups excluding carboxylic acids is 1. The average Bonchev–Trinajstić information content (AvgIpc) is 3.23. The van der Waals surface area contributed by atoms with Crippen LogP contribution >= 0.6 is 11.3 Å². The molecule has 0 saturated carbocycles. The number of hydrogen-bond donors (Lipinski definition) is 1. The highest BCUT2D eigenvalue weighted by Crippen LogP contribution is 2.21. The Balaban J connectivity index is 1.45. The molecule has 5 nitrogen and oxygen atoms in total. The number of pyridine rings is 1. The molecule has 22 heavy (non-hydrogen) atoms. The van der Waals surface area contributed by atoms with E-state index in [4.69, 9.17) is 4.74 Å². The van der Waals surface area contributed by atoms with E-state index < -0.39 is 0 Å². The van der Waals surface area contributed by atoms with Crippen LogP contribution in [0.2, 0.25) is 0 Å². The molecule has 0 spiro atoms. The van der Waals surface area contributed by atoms with Crippen LogP contribution in [-0.4, -0.2) is 35.1 Å². The topological polar surface area (TPSA) is 64.1 Å². The van der Waals surface area contributed by atoms with Gasteiger partial charge in [-0.1, -0.05) is 0 Å². The predicted octanol–water partition coefficient (Wildman–Crippen LogP) is 2.43. The summed E-state index contributed by atoms with van der Waals surface area (Å²) in [7, 11) is 0. The third-order valence-electron chi connectivity index (χ3n) is 3.64. The molecule has 0 bridgehead atoms. The molecule has 1 unspecified atom stereocenters. The Morgan fingerprint density at radius 1 is 1.41 bits per heavy atom. The molecule has 1 atom stereocenters. The van der Waals surface area contributed by atoms with Gasteiger partial charge < -0.3 is 10.1 Å². The van der Waals surface area contributed by atoms with Gasteiger partial charge in [-0.2, -0.15) is 0 Å². The smallest absolute Gasteiger partial charge is 0.220 e. The molecule has 1 fully saturated rings. The highest BCUT2D eigenvalue weighted by atomic mass is 32.1. The van der Waals surface area contributed by atoms with Crippen molar-refractivity contribution >= 4 is 17.2 Å². The van der Waals surface area contributed by atoms with Crippen molar-refractivity contribution in [3.05, 3.63) is 34.9 Å². The van der Waals surface area contributed by atoms with Gasteiger partial charge in [0.15, 0.2) is 0 Å². The maximum atomic E-state index is 11.9. The fourth-order valence-electron chi connectivity index (χ4n) is 2.42. The Bertz CT molecular complexity index is 609. The summed E-state index contributed by atoms with van der Waals surface area (Å²) in [6.45, 7) is 1.44. The van der Waals surface area contributed by atoms with Crippen LogP contribution in [0.15, 0.2) is 29.9 Å². The Morgan fingerprint density at radius 3 is 3.05 bits per heavy atom. The third-order valence-corrected chi connectivity index (χ3v) is 4.55. The van der Waals surface area contributed by atoms with Gasteiger partial charge in [0.05, 0.1) is 16.8 Å². The number of nitrogens with zero attached hydrogens (tertiary/aromatic N) is 2. The van der Waals surface area contributed by atoms with E-state index in [9.17, 15) is 4.79 Å². The number of aryl methyl sites for hydroxylation is 1. The van der Waals surface area contributed by atoms with Crippen molar-refractivity contribution in [2.24, 2.45) is 0 Å². The zero-order valence-corrected chi connectivity index (χ0v) is 13.1. The van der Waals surface area contributed by atoms with E-state index in [0.717, 1.165) is 35.7 Å². The van der Waals surface area contributed by atoms with E-state index in [1.54, 1.807) is 23.7 Å². The van der Waals surface area contributed by atoms with Crippen LogP contribution in [0.5, 0.6) is 0 Å². The van der Waals surface area contributed by atoms with Crippen molar-refractivity contribution < 1.29 is 9.53 Å². The molecular formula is C16H19N3O2S. The lowest BCUT2D eigenvalue weighted by Gasteiger charge is -2.10. The van der Waals surface area contributed by atoms with Gasteiger partial charge in [0.2, 0.25) is 5.91 Å². The van der Waals surface area contributed by atoms with E-state index in [-0.39, 0.29) is 12.0 Å². The average molecular weight is 317 g/mol. The highest BCUT2D eigenvalue weighted by Gasteiger charge is 2.16. The Kier molecular flexibility index (Phi) is 5.13. The van der Waals surface area contributed by atoms with E-state index in [0.29, 0.717) is 19.4 Å². The van der Waals surface area contributed by atoms with Gasteiger partial charge in [-0.25, -0.2) is 4.98 Å². The first kappa shape index (κ1) is 15.1. The van der Waals surface area contributed by atoms with Gasteiger partial charge in [0.25, 0.3) is 0 Å². The second-order valence-electron chi connectivity index (χ2n) is 5.30. The largest absolute Gasteiger partial charge is 0.376 e. The molecule has 116 valence electrons. The molecule has 0 radical (unpaired) electrons. The molecule has 2 aromatic rings. The minimum atomic E-state index is 0.0659. The molecule has 1 saturated heterocycles. The molecule has 1 N–H and O–H groups in total. The summed E-state index contributed by atoms with van der Waals surface area (Å²) >= 11 is 1.59. The van der Waals surface area contributed by atoms with Gasteiger partial charge in [-0.05, 0) is 25.0 Å². The Hall–Kier alpha value is -1.79. The van der Waals surface area contributed by atoms with E-state index in [2.05, 4.69) is 15.3 Å². The Morgan fingerprint density at radius 2 is 2.27 bits per heavy atom. The van der Waals surface area contributed by atoms with Gasteiger partial charge >= 0.3 is 0 Å². The first-order valence-electron chi connectivity index (χ1n) is 7.54. The molecule has 1 aliphatic rings. The van der Waals surface area contributed by atoms with Crippen LogP contribution in [0.4, 0.5) is 0 Å². The second-order valence-corrected chi connectivity index (χ2v) is 6.24. The minimum absolute atomic E-state index is 0.0659. The maximum absolute atomic E-state index is 11.9. The summed E-state index contributed by atoms with van der Waals surface area (Å²) in [4.78, 5) is 20.4. The molecule has 1 amide bonds. The molecular weight excluding hydrogens is 298 g/mol. The quantitative estimate of drug-likeness (QED) is 0.889. The summed E-state index contributed by atoms with van der Waals surface area (Å²) < 4.78 is 5.49. The van der Waals surface area contributed by atoms with Crippen LogP contribution in [0.3, 0.4) is 0 Å². The number of hydrogen-bond acceptors (Lipinski definition) is 5. The van der Waals surface area contributed by atoms with Gasteiger partial charge in [0, 0.05) is 49.3 Å². The fraction of sp³-hybridized carbons (Fsp3) is 0.438. The van der Waals surface area contributed by atoms with Crippen LogP contribution in [0.1, 0.15) is 24.3 Å². The normalized spacial score (nSPS) is 17.5. The number of ether oxygens (including phenoxy) is 1. The molecule has 3 rings (SSSR count). The zero-order valence-electron chi connectivity index (χ0n) is 12.3. The first-order chi connectivity index (χ1) is 10.8. The standard InChI is InChI=1S/C16H19N3O2S/c20-15(18-10-13-2-1-9-21-13)3-4-16-19-14(11-22-16)12-5-7-17-8-6-12/h5-8,11,13H,1-4,9-10H2,(H,18,20). The van der Waals surface area contributed by atoms with Crippen LogP contribution < -0.4 is 5.32 Å². The molecule has 1 aliphatic heterocycles. The van der Waals surface area contributed by atoms with Crippen LogP contribution in [0.25, 0.3) is 11.3 Å². The third kappa shape index (κ3) is 4.11. The number of amides is 1. The molecule has 0 aliphatic carbocycles. The lowest BCUT2D eigenvalue weighted by Crippen LogP contribution is -2.31. The lowest BCUT2D eigenvalue weighted by atomic mass is 10.2. The Labute approximate surface area is 133 Å². The van der Waals surface area contributed by atoms with Crippen molar-refractivity contribution in [3.8, 4) is 11.3 Å². The van der Waals surface area contributed by atoms with Gasteiger partial charge in [0.1, 0.15) is 0 Å².